The normalized spacial score (nSPS) is 14.2. The zero-order chi connectivity index (χ0) is 15.0. The van der Waals surface area contributed by atoms with Gasteiger partial charge in [0.25, 0.3) is 0 Å². The number of aryl methyl sites for hydroxylation is 2. The van der Waals surface area contributed by atoms with E-state index in [0.29, 0.717) is 11.8 Å². The van der Waals surface area contributed by atoms with E-state index in [4.69, 9.17) is 4.98 Å². The maximum absolute atomic E-state index is 4.81. The lowest BCUT2D eigenvalue weighted by Gasteiger charge is -2.10. The third kappa shape index (κ3) is 3.04. The monoisotopic (exact) mass is 282 g/mol. The van der Waals surface area contributed by atoms with E-state index < -0.39 is 0 Å². The lowest BCUT2D eigenvalue weighted by molar-refractivity contribution is 0.646. The van der Waals surface area contributed by atoms with Crippen LogP contribution in [0.25, 0.3) is 0 Å². The average Bonchev–Trinajstić information content (AvgIpc) is 2.73. The zero-order valence-corrected chi connectivity index (χ0v) is 13.7. The van der Waals surface area contributed by atoms with E-state index in [9.17, 15) is 0 Å². The fourth-order valence-corrected chi connectivity index (χ4v) is 3.22. The van der Waals surface area contributed by atoms with Crippen LogP contribution in [-0.4, -0.2) is 9.97 Å². The molecule has 0 saturated carbocycles. The maximum atomic E-state index is 4.81. The van der Waals surface area contributed by atoms with Gasteiger partial charge in [0.1, 0.15) is 5.82 Å². The van der Waals surface area contributed by atoms with E-state index in [1.807, 2.05) is 0 Å². The molecule has 2 heteroatoms. The van der Waals surface area contributed by atoms with Crippen molar-refractivity contribution in [2.75, 3.05) is 0 Å². The number of fused-ring (bicyclic) bond motifs is 2. The Bertz CT molecular complexity index is 635. The van der Waals surface area contributed by atoms with E-state index in [-0.39, 0.29) is 0 Å². The van der Waals surface area contributed by atoms with Gasteiger partial charge in [0, 0.05) is 18.0 Å². The van der Waals surface area contributed by atoms with Gasteiger partial charge in [0.15, 0.2) is 0 Å². The van der Waals surface area contributed by atoms with Crippen LogP contribution in [-0.2, 0) is 25.7 Å². The minimum atomic E-state index is 0.476. The van der Waals surface area contributed by atoms with Gasteiger partial charge in [-0.3, -0.25) is 0 Å². The van der Waals surface area contributed by atoms with E-state index in [1.54, 1.807) is 0 Å². The molecule has 1 N–H and O–H groups in total. The second kappa shape index (κ2) is 5.67. The standard InChI is InChI=1S/C19H26N2/c1-12(2)9-14-5-6-15-7-8-17-18(11-16(15)10-14)21-19(20-17)13(3)4/h5-6,10,12-13H,7-9,11H2,1-4H3,(H,20,21). The Morgan fingerprint density at radius 3 is 2.62 bits per heavy atom. The summed E-state index contributed by atoms with van der Waals surface area (Å²) in [6.07, 6.45) is 4.36. The number of nitrogens with zero attached hydrogens (tertiary/aromatic N) is 1. The minimum absolute atomic E-state index is 0.476. The summed E-state index contributed by atoms with van der Waals surface area (Å²) in [5, 5.41) is 0. The van der Waals surface area contributed by atoms with Crippen LogP contribution in [0.3, 0.4) is 0 Å². The Morgan fingerprint density at radius 1 is 1.10 bits per heavy atom. The molecule has 0 bridgehead atoms. The summed E-state index contributed by atoms with van der Waals surface area (Å²) in [5.41, 5.74) is 7.07. The first-order valence-corrected chi connectivity index (χ1v) is 8.21. The van der Waals surface area contributed by atoms with E-state index in [2.05, 4.69) is 50.9 Å². The number of nitrogens with one attached hydrogen (secondary N) is 1. The lowest BCUT2D eigenvalue weighted by Crippen LogP contribution is -1.99. The average molecular weight is 282 g/mol. The molecule has 0 fully saturated rings. The predicted molar refractivity (Wildman–Crippen MR) is 87.9 cm³/mol. The number of hydrogen-bond donors (Lipinski definition) is 1. The minimum Gasteiger partial charge on any atom is -0.345 e. The Labute approximate surface area is 128 Å². The fourth-order valence-electron chi connectivity index (χ4n) is 3.22. The van der Waals surface area contributed by atoms with Crippen molar-refractivity contribution in [2.45, 2.75) is 59.3 Å². The van der Waals surface area contributed by atoms with Gasteiger partial charge in [-0.05, 0) is 41.9 Å². The van der Waals surface area contributed by atoms with Gasteiger partial charge in [-0.1, -0.05) is 45.9 Å². The first kappa shape index (κ1) is 14.4. The Morgan fingerprint density at radius 2 is 1.90 bits per heavy atom. The van der Waals surface area contributed by atoms with E-state index >= 15 is 0 Å². The summed E-state index contributed by atoms with van der Waals surface area (Å²) < 4.78 is 0. The van der Waals surface area contributed by atoms with Crippen molar-refractivity contribution < 1.29 is 0 Å². The number of benzene rings is 1. The van der Waals surface area contributed by atoms with Gasteiger partial charge in [-0.2, -0.15) is 0 Å². The first-order valence-electron chi connectivity index (χ1n) is 8.21. The molecule has 1 aliphatic rings. The molecular weight excluding hydrogens is 256 g/mol. The molecular formula is C19H26N2. The SMILES string of the molecule is CC(C)Cc1ccc2c(c1)Cc1[nH]c(C(C)C)nc1CC2. The van der Waals surface area contributed by atoms with Crippen molar-refractivity contribution in [2.24, 2.45) is 5.92 Å². The van der Waals surface area contributed by atoms with Gasteiger partial charge >= 0.3 is 0 Å². The number of imidazole rings is 1. The third-order valence-electron chi connectivity index (χ3n) is 4.34. The highest BCUT2D eigenvalue weighted by molar-refractivity contribution is 5.39. The predicted octanol–water partition coefficient (Wildman–Crippen LogP) is 4.42. The molecule has 112 valence electrons. The Hall–Kier alpha value is -1.57. The van der Waals surface area contributed by atoms with Crippen molar-refractivity contribution in [3.05, 3.63) is 52.1 Å². The van der Waals surface area contributed by atoms with Crippen molar-refractivity contribution in [3.8, 4) is 0 Å². The molecule has 0 amide bonds. The van der Waals surface area contributed by atoms with E-state index in [0.717, 1.165) is 25.1 Å². The molecule has 0 radical (unpaired) electrons. The lowest BCUT2D eigenvalue weighted by atomic mass is 9.95. The molecule has 21 heavy (non-hydrogen) atoms. The summed E-state index contributed by atoms with van der Waals surface area (Å²) in [5.74, 6) is 2.33. The maximum Gasteiger partial charge on any atom is 0.109 e. The van der Waals surface area contributed by atoms with Gasteiger partial charge in [0.05, 0.1) is 5.69 Å². The van der Waals surface area contributed by atoms with Crippen LogP contribution in [0.4, 0.5) is 0 Å². The highest BCUT2D eigenvalue weighted by Gasteiger charge is 2.18. The summed E-state index contributed by atoms with van der Waals surface area (Å²) in [7, 11) is 0. The van der Waals surface area contributed by atoms with Crippen LogP contribution in [0.2, 0.25) is 0 Å². The molecule has 1 aromatic carbocycles. The molecule has 1 aromatic heterocycles. The first-order chi connectivity index (χ1) is 10.0. The molecule has 2 aromatic rings. The molecule has 0 saturated heterocycles. The van der Waals surface area contributed by atoms with Crippen LogP contribution >= 0.6 is 0 Å². The second-order valence-electron chi connectivity index (χ2n) is 7.08. The van der Waals surface area contributed by atoms with Gasteiger partial charge < -0.3 is 4.98 Å². The topological polar surface area (TPSA) is 28.7 Å². The molecule has 0 spiro atoms. The molecule has 1 heterocycles. The molecule has 3 rings (SSSR count). The van der Waals surface area contributed by atoms with Gasteiger partial charge in [-0.25, -0.2) is 4.98 Å². The number of rotatable bonds is 3. The smallest absolute Gasteiger partial charge is 0.109 e. The fraction of sp³-hybridized carbons (Fsp3) is 0.526. The Balaban J connectivity index is 1.92. The van der Waals surface area contributed by atoms with Gasteiger partial charge in [0.2, 0.25) is 0 Å². The molecule has 0 aliphatic heterocycles. The van der Waals surface area contributed by atoms with E-state index in [1.165, 1.54) is 34.5 Å². The van der Waals surface area contributed by atoms with Crippen LogP contribution in [0.5, 0.6) is 0 Å². The van der Waals surface area contributed by atoms with Gasteiger partial charge in [-0.15, -0.1) is 0 Å². The van der Waals surface area contributed by atoms with Crippen LogP contribution in [0, 0.1) is 5.92 Å². The summed E-state index contributed by atoms with van der Waals surface area (Å²) >= 11 is 0. The highest BCUT2D eigenvalue weighted by Crippen LogP contribution is 2.26. The summed E-state index contributed by atoms with van der Waals surface area (Å²) in [6.45, 7) is 8.97. The quantitative estimate of drug-likeness (QED) is 0.887. The molecule has 0 unspecified atom stereocenters. The third-order valence-corrected chi connectivity index (χ3v) is 4.34. The van der Waals surface area contributed by atoms with Crippen molar-refractivity contribution in [1.29, 1.82) is 0 Å². The number of aromatic nitrogens is 2. The number of H-pyrrole nitrogens is 1. The van der Waals surface area contributed by atoms with Crippen LogP contribution in [0.1, 0.15) is 67.5 Å². The second-order valence-corrected chi connectivity index (χ2v) is 7.08. The largest absolute Gasteiger partial charge is 0.345 e. The molecule has 0 atom stereocenters. The molecule has 2 nitrogen and oxygen atoms in total. The number of hydrogen-bond acceptors (Lipinski definition) is 1. The van der Waals surface area contributed by atoms with Crippen molar-refractivity contribution >= 4 is 0 Å². The van der Waals surface area contributed by atoms with Crippen molar-refractivity contribution in [3.63, 3.8) is 0 Å². The highest BCUT2D eigenvalue weighted by atomic mass is 14.9. The summed E-state index contributed by atoms with van der Waals surface area (Å²) in [4.78, 5) is 8.37. The van der Waals surface area contributed by atoms with Crippen LogP contribution in [0.15, 0.2) is 18.2 Å². The van der Waals surface area contributed by atoms with Crippen LogP contribution < -0.4 is 0 Å². The van der Waals surface area contributed by atoms with Crippen molar-refractivity contribution in [1.82, 2.24) is 9.97 Å². The molecule has 1 aliphatic carbocycles. The zero-order valence-electron chi connectivity index (χ0n) is 13.7. The summed E-state index contributed by atoms with van der Waals surface area (Å²) in [6, 6.07) is 7.06. The Kier molecular flexibility index (Phi) is 3.88. The number of aromatic amines is 1.